The van der Waals surface area contributed by atoms with Crippen LogP contribution in [-0.4, -0.2) is 119 Å². The number of carbonyl (C=O) groups is 5. The number of aliphatic carboxylic acids is 1. The summed E-state index contributed by atoms with van der Waals surface area (Å²) in [7, 11) is 0. The maximum atomic E-state index is 12.2. The number of ether oxygens (including phenoxy) is 5. The fraction of sp³-hybridized carbons (Fsp3) is 0.594. The number of carboxylic acids is 1. The number of carbonyl (C=O) groups excluding carboxylic acids is 4. The molecule has 1 fully saturated rings. The van der Waals surface area contributed by atoms with Gasteiger partial charge in [0.15, 0.2) is 17.6 Å². The van der Waals surface area contributed by atoms with Gasteiger partial charge in [0.25, 0.3) is 11.8 Å². The minimum atomic E-state index is -1.89. The first-order valence-electron chi connectivity index (χ1n) is 15.6. The highest BCUT2D eigenvalue weighted by Gasteiger charge is 2.48. The quantitative estimate of drug-likeness (QED) is 0.0784. The highest BCUT2D eigenvalue weighted by atomic mass is 16.7. The summed E-state index contributed by atoms with van der Waals surface area (Å²) < 4.78 is 27.6. The lowest BCUT2D eigenvalue weighted by Gasteiger charge is -2.38. The molecule has 3 rings (SSSR count). The number of hydrogen-bond donors (Lipinski definition) is 5. The van der Waals surface area contributed by atoms with E-state index in [1.165, 1.54) is 29.2 Å². The van der Waals surface area contributed by atoms with E-state index in [2.05, 4.69) is 5.32 Å². The number of carboxylic acid groups (broad SMARTS) is 1. The third-order valence-electron chi connectivity index (χ3n) is 7.29. The van der Waals surface area contributed by atoms with Gasteiger partial charge in [-0.2, -0.15) is 0 Å². The van der Waals surface area contributed by atoms with Crippen LogP contribution >= 0.6 is 0 Å². The van der Waals surface area contributed by atoms with Crippen molar-refractivity contribution in [2.75, 3.05) is 32.9 Å². The Labute approximate surface area is 277 Å². The lowest BCUT2D eigenvalue weighted by atomic mass is 9.97. The summed E-state index contributed by atoms with van der Waals surface area (Å²) in [6, 6.07) is 4.50. The second-order valence-electron chi connectivity index (χ2n) is 12.2. The Morgan fingerprint density at radius 1 is 0.917 bits per heavy atom. The van der Waals surface area contributed by atoms with Crippen LogP contribution in [-0.2, 0) is 44.8 Å². The topological polar surface area (TPSA) is 228 Å². The summed E-state index contributed by atoms with van der Waals surface area (Å²) in [6.45, 7) is 5.89. The van der Waals surface area contributed by atoms with Crippen LogP contribution in [0.3, 0.4) is 0 Å². The molecule has 0 saturated carbocycles. The third-order valence-corrected chi connectivity index (χ3v) is 7.29. The van der Waals surface area contributed by atoms with Crippen molar-refractivity contribution in [1.29, 1.82) is 0 Å². The van der Waals surface area contributed by atoms with E-state index in [4.69, 9.17) is 23.7 Å². The summed E-state index contributed by atoms with van der Waals surface area (Å²) in [5.41, 5.74) is -0.200. The molecule has 1 saturated heterocycles. The number of aliphatic hydroxyl groups is 3. The molecular formula is C32H44N2O14. The van der Waals surface area contributed by atoms with Gasteiger partial charge in [-0.05, 0) is 51.3 Å². The van der Waals surface area contributed by atoms with Gasteiger partial charge in [-0.1, -0.05) is 12.5 Å². The number of hydrogen-bond acceptors (Lipinski definition) is 13. The number of amides is 3. The Kier molecular flexibility index (Phi) is 14.3. The number of imide groups is 1. The molecule has 0 bridgehead atoms. The molecule has 16 heteroatoms. The van der Waals surface area contributed by atoms with Crippen molar-refractivity contribution in [3.05, 3.63) is 35.9 Å². The molecule has 5 atom stereocenters. The molecule has 266 valence electrons. The molecule has 2 aliphatic rings. The first kappa shape index (κ1) is 38.4. The van der Waals surface area contributed by atoms with E-state index in [1.807, 2.05) is 0 Å². The summed E-state index contributed by atoms with van der Waals surface area (Å²) in [6.07, 6.45) is -4.44. The minimum Gasteiger partial charge on any atom is -0.487 e. The fourth-order valence-electron chi connectivity index (χ4n) is 4.54. The maximum Gasteiger partial charge on any atom is 0.335 e. The van der Waals surface area contributed by atoms with Gasteiger partial charge in [0.05, 0.1) is 18.6 Å². The maximum absolute atomic E-state index is 12.2. The van der Waals surface area contributed by atoms with Gasteiger partial charge in [-0.15, -0.1) is 0 Å². The molecule has 2 heterocycles. The van der Waals surface area contributed by atoms with Crippen LogP contribution in [0.4, 0.5) is 0 Å². The van der Waals surface area contributed by atoms with E-state index >= 15 is 0 Å². The normalized spacial score (nSPS) is 22.5. The first-order valence-corrected chi connectivity index (χ1v) is 15.6. The lowest BCUT2D eigenvalue weighted by Crippen LogP contribution is -2.61. The van der Waals surface area contributed by atoms with Gasteiger partial charge >= 0.3 is 11.9 Å². The van der Waals surface area contributed by atoms with Crippen molar-refractivity contribution in [2.45, 2.75) is 83.8 Å². The third kappa shape index (κ3) is 11.3. The molecule has 0 spiro atoms. The van der Waals surface area contributed by atoms with Crippen molar-refractivity contribution in [3.63, 3.8) is 0 Å². The van der Waals surface area contributed by atoms with E-state index in [9.17, 15) is 44.4 Å². The highest BCUT2D eigenvalue weighted by Crippen LogP contribution is 2.33. The average Bonchev–Trinajstić information content (AvgIpc) is 3.35. The van der Waals surface area contributed by atoms with Gasteiger partial charge in [0, 0.05) is 31.7 Å². The Morgan fingerprint density at radius 2 is 1.62 bits per heavy atom. The molecular weight excluding hydrogens is 636 g/mol. The number of esters is 1. The second kappa shape index (κ2) is 17.9. The average molecular weight is 681 g/mol. The van der Waals surface area contributed by atoms with Crippen molar-refractivity contribution in [3.8, 4) is 11.5 Å². The van der Waals surface area contributed by atoms with Crippen LogP contribution in [0, 0.1) is 5.41 Å². The van der Waals surface area contributed by atoms with Crippen molar-refractivity contribution in [1.82, 2.24) is 10.2 Å². The molecule has 1 aromatic rings. The Morgan fingerprint density at radius 3 is 2.29 bits per heavy atom. The molecule has 1 aromatic carbocycles. The van der Waals surface area contributed by atoms with E-state index in [1.54, 1.807) is 26.8 Å². The number of unbranched alkanes of at least 4 members (excludes halogenated alkanes) is 2. The van der Waals surface area contributed by atoms with Crippen LogP contribution < -0.4 is 14.8 Å². The summed E-state index contributed by atoms with van der Waals surface area (Å²) in [4.78, 5) is 60.1. The van der Waals surface area contributed by atoms with Gasteiger partial charge in [-0.25, -0.2) is 4.79 Å². The molecule has 16 nitrogen and oxygen atoms in total. The Hall–Kier alpha value is -4.09. The van der Waals surface area contributed by atoms with Gasteiger partial charge in [0.2, 0.25) is 12.2 Å². The molecule has 2 aliphatic heterocycles. The van der Waals surface area contributed by atoms with Crippen molar-refractivity contribution < 1.29 is 68.1 Å². The van der Waals surface area contributed by atoms with Gasteiger partial charge in [0.1, 0.15) is 31.5 Å². The molecule has 0 radical (unpaired) electrons. The van der Waals surface area contributed by atoms with Gasteiger partial charge in [-0.3, -0.25) is 24.1 Å². The number of nitrogens with zero attached hydrogens (tertiary/aromatic N) is 1. The number of rotatable bonds is 18. The minimum absolute atomic E-state index is 0.000218. The van der Waals surface area contributed by atoms with E-state index in [0.717, 1.165) is 0 Å². The zero-order chi connectivity index (χ0) is 35.4. The predicted molar refractivity (Wildman–Crippen MR) is 164 cm³/mol. The number of nitrogens with one attached hydrogen (secondary N) is 1. The highest BCUT2D eigenvalue weighted by molar-refractivity contribution is 6.12. The Bertz CT molecular complexity index is 1310. The SMILES string of the molecule is CC(C)(C)C(=O)OCc1ccc(O[C@@H]2O[C@H](C(=O)O)[C@@H](O)[C@H](O)[C@H]2O)c(OCCOCCNC(=O)CCCCCN2C(=O)C=CC2=O)c1. The van der Waals surface area contributed by atoms with Crippen LogP contribution in [0.25, 0.3) is 0 Å². The smallest absolute Gasteiger partial charge is 0.335 e. The van der Waals surface area contributed by atoms with Crippen LogP contribution in [0.1, 0.15) is 52.0 Å². The largest absolute Gasteiger partial charge is 0.487 e. The molecule has 0 aliphatic carbocycles. The monoisotopic (exact) mass is 680 g/mol. The molecule has 0 aromatic heterocycles. The van der Waals surface area contributed by atoms with Crippen molar-refractivity contribution in [2.24, 2.45) is 5.41 Å². The van der Waals surface area contributed by atoms with Crippen LogP contribution in [0.5, 0.6) is 11.5 Å². The lowest BCUT2D eigenvalue weighted by molar-refractivity contribution is -0.271. The number of aliphatic hydroxyl groups excluding tert-OH is 3. The first-order chi connectivity index (χ1) is 22.7. The molecule has 5 N–H and O–H groups in total. The van der Waals surface area contributed by atoms with E-state index < -0.39 is 48.1 Å². The molecule has 48 heavy (non-hydrogen) atoms. The zero-order valence-corrected chi connectivity index (χ0v) is 27.2. The van der Waals surface area contributed by atoms with Gasteiger partial charge < -0.3 is 49.4 Å². The van der Waals surface area contributed by atoms with E-state index in [0.29, 0.717) is 31.4 Å². The van der Waals surface area contributed by atoms with Crippen LogP contribution in [0.15, 0.2) is 30.4 Å². The predicted octanol–water partition coefficient (Wildman–Crippen LogP) is 0.0439. The standard InChI is InChI=1S/C32H44N2O14/c1-32(2,3)31(43)46-18-19-8-9-20(47-30-27(40)25(38)26(39)28(48-30)29(41)42)21(17-19)45-16-15-44-14-12-33-22(35)7-5-4-6-13-34-23(36)10-11-24(34)37/h8-11,17,25-28,30,38-40H,4-7,12-16,18H2,1-3H3,(H,33,35)(H,41,42)/t25-,26-,27+,28-,30+/m0/s1. The zero-order valence-electron chi connectivity index (χ0n) is 27.2. The summed E-state index contributed by atoms with van der Waals surface area (Å²) in [5, 5.41) is 42.5. The summed E-state index contributed by atoms with van der Waals surface area (Å²) >= 11 is 0. The fourth-order valence-corrected chi connectivity index (χ4v) is 4.54. The summed E-state index contributed by atoms with van der Waals surface area (Å²) in [5.74, 6) is -2.69. The van der Waals surface area contributed by atoms with E-state index in [-0.39, 0.29) is 68.6 Å². The molecule has 3 amide bonds. The Balaban J connectivity index is 1.46. The second-order valence-corrected chi connectivity index (χ2v) is 12.2. The molecule has 0 unspecified atom stereocenters. The van der Waals surface area contributed by atoms with Crippen LogP contribution in [0.2, 0.25) is 0 Å². The number of benzene rings is 1. The van der Waals surface area contributed by atoms with Crippen molar-refractivity contribution >= 4 is 29.7 Å².